The van der Waals surface area contributed by atoms with Gasteiger partial charge in [0, 0.05) is 44.6 Å². The quantitative estimate of drug-likeness (QED) is 0.819. The first kappa shape index (κ1) is 20.2. The van der Waals surface area contributed by atoms with Crippen LogP contribution in [0.15, 0.2) is 29.2 Å². The molecule has 156 valence electrons. The van der Waals surface area contributed by atoms with Gasteiger partial charge in [-0.1, -0.05) is 0 Å². The van der Waals surface area contributed by atoms with E-state index in [1.807, 2.05) is 0 Å². The van der Waals surface area contributed by atoms with E-state index in [4.69, 9.17) is 9.97 Å². The lowest BCUT2D eigenvalue weighted by molar-refractivity contribution is 0.245. The van der Waals surface area contributed by atoms with Crippen molar-refractivity contribution in [2.75, 3.05) is 39.0 Å². The van der Waals surface area contributed by atoms with Crippen molar-refractivity contribution in [2.24, 2.45) is 0 Å². The number of anilines is 1. The van der Waals surface area contributed by atoms with Gasteiger partial charge in [-0.25, -0.2) is 22.8 Å². The predicted octanol–water partition coefficient (Wildman–Crippen LogP) is 2.21. The van der Waals surface area contributed by atoms with Gasteiger partial charge in [0.05, 0.1) is 10.6 Å². The molecule has 1 N–H and O–H groups in total. The number of hydrogen-bond acceptors (Lipinski definition) is 6. The Bertz CT molecular complexity index is 979. The third kappa shape index (κ3) is 3.99. The number of fused-ring (bicyclic) bond motifs is 1. The van der Waals surface area contributed by atoms with Gasteiger partial charge in [-0.05, 0) is 50.7 Å². The van der Waals surface area contributed by atoms with E-state index in [2.05, 4.69) is 17.3 Å². The fourth-order valence-electron chi connectivity index (χ4n) is 4.14. The highest BCUT2D eigenvalue weighted by molar-refractivity contribution is 7.89. The summed E-state index contributed by atoms with van der Waals surface area (Å²) in [7, 11) is 0.204. The summed E-state index contributed by atoms with van der Waals surface area (Å²) in [5, 5.41) is 3.13. The maximum Gasteiger partial charge on any atom is 0.243 e. The van der Waals surface area contributed by atoms with E-state index >= 15 is 0 Å². The number of sulfonamides is 1. The number of nitrogens with zero attached hydrogens (tertiary/aromatic N) is 4. The average Bonchev–Trinajstić information content (AvgIpc) is 2.72. The Labute approximate surface area is 171 Å². The number of nitrogens with one attached hydrogen (secondary N) is 1. The molecule has 0 unspecified atom stereocenters. The van der Waals surface area contributed by atoms with E-state index in [9.17, 15) is 12.8 Å². The van der Waals surface area contributed by atoms with E-state index in [1.165, 1.54) is 28.6 Å². The van der Waals surface area contributed by atoms with Gasteiger partial charge in [0.1, 0.15) is 17.5 Å². The minimum absolute atomic E-state index is 0.0936. The predicted molar refractivity (Wildman–Crippen MR) is 109 cm³/mol. The van der Waals surface area contributed by atoms with Crippen LogP contribution >= 0.6 is 0 Å². The van der Waals surface area contributed by atoms with Gasteiger partial charge in [0.15, 0.2) is 0 Å². The van der Waals surface area contributed by atoms with E-state index < -0.39 is 15.8 Å². The molecule has 1 saturated heterocycles. The van der Waals surface area contributed by atoms with Crippen molar-refractivity contribution >= 4 is 15.8 Å². The van der Waals surface area contributed by atoms with Crippen LogP contribution in [-0.4, -0.2) is 61.3 Å². The number of benzene rings is 1. The fraction of sp³-hybridized carbons (Fsp3) is 0.500. The van der Waals surface area contributed by atoms with Crippen molar-refractivity contribution < 1.29 is 12.8 Å². The zero-order valence-corrected chi connectivity index (χ0v) is 17.5. The highest BCUT2D eigenvalue weighted by atomic mass is 32.2. The van der Waals surface area contributed by atoms with Crippen LogP contribution in [0.5, 0.6) is 0 Å². The van der Waals surface area contributed by atoms with Crippen LogP contribution in [0.4, 0.5) is 10.2 Å². The number of hydrogen-bond donors (Lipinski definition) is 1. The Morgan fingerprint density at radius 2 is 1.93 bits per heavy atom. The number of halogens is 1. The highest BCUT2D eigenvalue weighted by Crippen LogP contribution is 2.31. The Morgan fingerprint density at radius 3 is 2.62 bits per heavy atom. The standard InChI is InChI=1S/C20H26FN5O2S/c1-22-20-17-13-26(29(27,28)16-7-5-15(21)6-8-16)11-9-18(17)23-19(24-20)14-4-3-10-25(2)12-14/h5-8,14H,3-4,9-13H2,1-2H3,(H,22,23,24)/t14-/m0/s1. The summed E-state index contributed by atoms with van der Waals surface area (Å²) < 4.78 is 40.6. The molecule has 0 amide bonds. The Balaban J connectivity index is 1.63. The Kier molecular flexibility index (Phi) is 5.54. The van der Waals surface area contributed by atoms with Crippen molar-refractivity contribution in [1.29, 1.82) is 0 Å². The summed E-state index contributed by atoms with van der Waals surface area (Å²) in [6.07, 6.45) is 2.72. The molecule has 1 aromatic heterocycles. The molecule has 3 heterocycles. The molecule has 0 bridgehead atoms. The fourth-order valence-corrected chi connectivity index (χ4v) is 5.54. The second-order valence-corrected chi connectivity index (χ2v) is 9.69. The van der Waals surface area contributed by atoms with Crippen LogP contribution in [0.1, 0.15) is 35.8 Å². The van der Waals surface area contributed by atoms with Gasteiger partial charge >= 0.3 is 0 Å². The molecule has 0 saturated carbocycles. The summed E-state index contributed by atoms with van der Waals surface area (Å²) in [6, 6.07) is 4.94. The Morgan fingerprint density at radius 1 is 1.17 bits per heavy atom. The average molecular weight is 420 g/mol. The summed E-state index contributed by atoms with van der Waals surface area (Å²) in [4.78, 5) is 12.0. The van der Waals surface area contributed by atoms with E-state index in [0.717, 1.165) is 43.0 Å². The van der Waals surface area contributed by atoms with Gasteiger partial charge in [0.2, 0.25) is 10.0 Å². The zero-order valence-electron chi connectivity index (χ0n) is 16.7. The summed E-state index contributed by atoms with van der Waals surface area (Å²) in [6.45, 7) is 2.58. The molecule has 1 aromatic carbocycles. The molecule has 29 heavy (non-hydrogen) atoms. The first-order valence-electron chi connectivity index (χ1n) is 9.90. The molecule has 0 aliphatic carbocycles. The molecule has 9 heteroatoms. The first-order valence-corrected chi connectivity index (χ1v) is 11.3. The van der Waals surface area contributed by atoms with Crippen LogP contribution < -0.4 is 5.32 Å². The molecular weight excluding hydrogens is 393 g/mol. The number of likely N-dealkylation sites (N-methyl/N-ethyl adjacent to an activating group) is 1. The molecule has 7 nitrogen and oxygen atoms in total. The monoisotopic (exact) mass is 419 g/mol. The highest BCUT2D eigenvalue weighted by Gasteiger charge is 2.32. The van der Waals surface area contributed by atoms with Gasteiger partial charge in [-0.2, -0.15) is 4.31 Å². The SMILES string of the molecule is CNc1nc([C@H]2CCCN(C)C2)nc2c1CN(S(=O)(=O)c1ccc(F)cc1)CC2. The van der Waals surface area contributed by atoms with Gasteiger partial charge in [-0.3, -0.25) is 0 Å². The molecule has 4 rings (SSSR count). The lowest BCUT2D eigenvalue weighted by Gasteiger charge is -2.31. The minimum Gasteiger partial charge on any atom is -0.373 e. The molecule has 0 spiro atoms. The molecular formula is C20H26FN5O2S. The minimum atomic E-state index is -3.71. The summed E-state index contributed by atoms with van der Waals surface area (Å²) >= 11 is 0. The van der Waals surface area contributed by atoms with Crippen LogP contribution in [0.3, 0.4) is 0 Å². The number of rotatable bonds is 4. The van der Waals surface area contributed by atoms with Crippen molar-refractivity contribution in [3.8, 4) is 0 Å². The normalized spacial score (nSPS) is 21.0. The topological polar surface area (TPSA) is 78.4 Å². The second-order valence-electron chi connectivity index (χ2n) is 7.75. The first-order chi connectivity index (χ1) is 13.9. The number of piperidine rings is 1. The summed E-state index contributed by atoms with van der Waals surface area (Å²) in [5.74, 6) is 1.37. The molecule has 1 fully saturated rings. The Hall–Kier alpha value is -2.10. The maximum absolute atomic E-state index is 13.2. The molecule has 2 aromatic rings. The third-order valence-corrected chi connectivity index (χ3v) is 7.58. The molecule has 2 aliphatic heterocycles. The van der Waals surface area contributed by atoms with E-state index in [1.54, 1.807) is 7.05 Å². The van der Waals surface area contributed by atoms with Crippen LogP contribution in [0.25, 0.3) is 0 Å². The van der Waals surface area contributed by atoms with E-state index in [0.29, 0.717) is 24.7 Å². The molecule has 0 radical (unpaired) electrons. The van der Waals surface area contributed by atoms with E-state index in [-0.39, 0.29) is 11.4 Å². The van der Waals surface area contributed by atoms with Crippen LogP contribution in [0, 0.1) is 5.82 Å². The number of likely N-dealkylation sites (tertiary alicyclic amines) is 1. The van der Waals surface area contributed by atoms with Gasteiger partial charge < -0.3 is 10.2 Å². The zero-order chi connectivity index (χ0) is 20.6. The third-order valence-electron chi connectivity index (χ3n) is 5.72. The van der Waals surface area contributed by atoms with Crippen molar-refractivity contribution in [2.45, 2.75) is 36.6 Å². The summed E-state index contributed by atoms with van der Waals surface area (Å²) in [5.41, 5.74) is 1.73. The largest absolute Gasteiger partial charge is 0.373 e. The molecule has 1 atom stereocenters. The lowest BCUT2D eigenvalue weighted by Crippen LogP contribution is -2.37. The number of aromatic nitrogens is 2. The van der Waals surface area contributed by atoms with Crippen molar-refractivity contribution in [1.82, 2.24) is 19.2 Å². The smallest absolute Gasteiger partial charge is 0.243 e. The van der Waals surface area contributed by atoms with Crippen LogP contribution in [-0.2, 0) is 23.0 Å². The van der Waals surface area contributed by atoms with Crippen molar-refractivity contribution in [3.05, 3.63) is 47.2 Å². The second kappa shape index (κ2) is 7.97. The molecule has 2 aliphatic rings. The van der Waals surface area contributed by atoms with Gasteiger partial charge in [-0.15, -0.1) is 0 Å². The van der Waals surface area contributed by atoms with Crippen molar-refractivity contribution in [3.63, 3.8) is 0 Å². The lowest BCUT2D eigenvalue weighted by atomic mass is 9.97. The van der Waals surface area contributed by atoms with Gasteiger partial charge in [0.25, 0.3) is 0 Å². The maximum atomic E-state index is 13.2. The van der Waals surface area contributed by atoms with Crippen LogP contribution in [0.2, 0.25) is 0 Å².